The highest BCUT2D eigenvalue weighted by Crippen LogP contribution is 2.27. The van der Waals surface area contributed by atoms with Crippen LogP contribution in [0.15, 0.2) is 18.2 Å². The van der Waals surface area contributed by atoms with Crippen LogP contribution in [0.2, 0.25) is 13.1 Å². The van der Waals surface area contributed by atoms with E-state index >= 15 is 0 Å². The highest BCUT2D eigenvalue weighted by atomic mass is 28.3. The zero-order valence-electron chi connectivity index (χ0n) is 7.93. The molecule has 1 radical (unpaired) electrons. The molecule has 0 amide bonds. The normalized spacial score (nSPS) is 10.2. The SMILES string of the molecule is COc1cc(F)ccc1O[Si](C)C. The van der Waals surface area contributed by atoms with Gasteiger partial charge in [-0.05, 0) is 25.2 Å². The van der Waals surface area contributed by atoms with E-state index in [0.29, 0.717) is 11.5 Å². The van der Waals surface area contributed by atoms with Gasteiger partial charge in [-0.15, -0.1) is 0 Å². The van der Waals surface area contributed by atoms with E-state index in [0.717, 1.165) is 0 Å². The van der Waals surface area contributed by atoms with E-state index < -0.39 is 9.04 Å². The van der Waals surface area contributed by atoms with Gasteiger partial charge in [-0.1, -0.05) is 0 Å². The Balaban J connectivity index is 2.92. The van der Waals surface area contributed by atoms with Crippen molar-refractivity contribution in [3.8, 4) is 11.5 Å². The van der Waals surface area contributed by atoms with E-state index in [1.807, 2.05) is 13.1 Å². The van der Waals surface area contributed by atoms with Gasteiger partial charge in [0, 0.05) is 6.07 Å². The fourth-order valence-corrected chi connectivity index (χ4v) is 1.55. The molecule has 1 rings (SSSR count). The number of rotatable bonds is 3. The molecule has 0 heterocycles. The quantitative estimate of drug-likeness (QED) is 0.696. The molecule has 0 spiro atoms. The van der Waals surface area contributed by atoms with Gasteiger partial charge in [-0.25, -0.2) is 4.39 Å². The minimum Gasteiger partial charge on any atom is -0.540 e. The number of methoxy groups -OCH3 is 1. The van der Waals surface area contributed by atoms with Gasteiger partial charge in [0.2, 0.25) is 0 Å². The summed E-state index contributed by atoms with van der Waals surface area (Å²) in [5.41, 5.74) is 0. The highest BCUT2D eigenvalue weighted by Gasteiger charge is 2.07. The van der Waals surface area contributed by atoms with E-state index in [9.17, 15) is 4.39 Å². The zero-order valence-corrected chi connectivity index (χ0v) is 8.93. The largest absolute Gasteiger partial charge is 0.540 e. The van der Waals surface area contributed by atoms with Gasteiger partial charge in [0.15, 0.2) is 5.75 Å². The first kappa shape index (κ1) is 10.1. The monoisotopic (exact) mass is 199 g/mol. The van der Waals surface area contributed by atoms with Crippen molar-refractivity contribution in [2.75, 3.05) is 7.11 Å². The molecule has 0 aliphatic heterocycles. The lowest BCUT2D eigenvalue weighted by atomic mass is 10.3. The van der Waals surface area contributed by atoms with Gasteiger partial charge in [0.05, 0.1) is 7.11 Å². The lowest BCUT2D eigenvalue weighted by Gasteiger charge is -2.12. The first-order valence-corrected chi connectivity index (χ1v) is 6.36. The molecule has 0 aromatic heterocycles. The van der Waals surface area contributed by atoms with Crippen molar-refractivity contribution in [3.05, 3.63) is 24.0 Å². The van der Waals surface area contributed by atoms with Crippen LogP contribution in [-0.4, -0.2) is 16.2 Å². The van der Waals surface area contributed by atoms with Gasteiger partial charge in [-0.3, -0.25) is 0 Å². The molecule has 0 aliphatic rings. The Kier molecular flexibility index (Phi) is 3.30. The maximum atomic E-state index is 12.7. The predicted octanol–water partition coefficient (Wildman–Crippen LogP) is 2.46. The molecular formula is C9H12FO2Si. The van der Waals surface area contributed by atoms with E-state index in [-0.39, 0.29) is 5.82 Å². The lowest BCUT2D eigenvalue weighted by Crippen LogP contribution is -2.11. The number of benzene rings is 1. The van der Waals surface area contributed by atoms with Crippen LogP contribution in [0.4, 0.5) is 4.39 Å². The first-order chi connectivity index (χ1) is 6.13. The average molecular weight is 199 g/mol. The van der Waals surface area contributed by atoms with Crippen molar-refractivity contribution in [1.82, 2.24) is 0 Å². The third kappa shape index (κ3) is 2.73. The van der Waals surface area contributed by atoms with Crippen molar-refractivity contribution in [3.63, 3.8) is 0 Å². The Bertz CT molecular complexity index is 289. The van der Waals surface area contributed by atoms with Gasteiger partial charge >= 0.3 is 0 Å². The molecular weight excluding hydrogens is 187 g/mol. The van der Waals surface area contributed by atoms with Crippen molar-refractivity contribution in [2.45, 2.75) is 13.1 Å². The third-order valence-electron chi connectivity index (χ3n) is 1.44. The van der Waals surface area contributed by atoms with Gasteiger partial charge in [-0.2, -0.15) is 0 Å². The van der Waals surface area contributed by atoms with Crippen molar-refractivity contribution >= 4 is 9.04 Å². The number of hydrogen-bond donors (Lipinski definition) is 0. The summed E-state index contributed by atoms with van der Waals surface area (Å²) >= 11 is 0. The minimum atomic E-state index is -0.834. The van der Waals surface area contributed by atoms with Crippen LogP contribution in [0.1, 0.15) is 0 Å². The maximum Gasteiger partial charge on any atom is 0.274 e. The zero-order chi connectivity index (χ0) is 9.84. The van der Waals surface area contributed by atoms with E-state index in [4.69, 9.17) is 9.16 Å². The Hall–Kier alpha value is -1.03. The van der Waals surface area contributed by atoms with Crippen LogP contribution >= 0.6 is 0 Å². The summed E-state index contributed by atoms with van der Waals surface area (Å²) in [6, 6.07) is 4.27. The van der Waals surface area contributed by atoms with Gasteiger partial charge < -0.3 is 9.16 Å². The summed E-state index contributed by atoms with van der Waals surface area (Å²) in [6.07, 6.45) is 0. The molecule has 0 fully saturated rings. The first-order valence-electron chi connectivity index (χ1n) is 3.95. The Labute approximate surface area is 79.0 Å². The molecule has 4 heteroatoms. The summed E-state index contributed by atoms with van der Waals surface area (Å²) in [4.78, 5) is 0. The molecule has 2 nitrogen and oxygen atoms in total. The van der Waals surface area contributed by atoms with Gasteiger partial charge in [0.25, 0.3) is 9.04 Å². The van der Waals surface area contributed by atoms with Crippen LogP contribution < -0.4 is 9.16 Å². The summed E-state index contributed by atoms with van der Waals surface area (Å²) in [6.45, 7) is 4.01. The fourth-order valence-electron chi connectivity index (χ4n) is 0.946. The van der Waals surface area contributed by atoms with Crippen molar-refractivity contribution in [2.24, 2.45) is 0 Å². The smallest absolute Gasteiger partial charge is 0.274 e. The van der Waals surface area contributed by atoms with Gasteiger partial charge in [0.1, 0.15) is 11.6 Å². The number of halogens is 1. The second kappa shape index (κ2) is 4.27. The Morgan fingerprint density at radius 1 is 1.23 bits per heavy atom. The summed E-state index contributed by atoms with van der Waals surface area (Å²) in [7, 11) is 0.665. The van der Waals surface area contributed by atoms with Crippen molar-refractivity contribution in [1.29, 1.82) is 0 Å². The maximum absolute atomic E-state index is 12.7. The Morgan fingerprint density at radius 3 is 2.46 bits per heavy atom. The molecule has 13 heavy (non-hydrogen) atoms. The van der Waals surface area contributed by atoms with E-state index in [1.54, 1.807) is 6.07 Å². The molecule has 0 aliphatic carbocycles. The highest BCUT2D eigenvalue weighted by molar-refractivity contribution is 6.49. The summed E-state index contributed by atoms with van der Waals surface area (Å²) < 4.78 is 23.2. The predicted molar refractivity (Wildman–Crippen MR) is 51.1 cm³/mol. The number of ether oxygens (including phenoxy) is 1. The van der Waals surface area contributed by atoms with Crippen LogP contribution in [0.3, 0.4) is 0 Å². The van der Waals surface area contributed by atoms with Crippen LogP contribution in [0.5, 0.6) is 11.5 Å². The fraction of sp³-hybridized carbons (Fsp3) is 0.333. The molecule has 0 N–H and O–H groups in total. The standard InChI is InChI=1S/C9H12FO2Si/c1-11-9-6-7(10)4-5-8(9)12-13(2)3/h4-6H,1-3H3. The molecule has 0 saturated carbocycles. The van der Waals surface area contributed by atoms with Crippen LogP contribution in [0, 0.1) is 5.82 Å². The second-order valence-electron chi connectivity index (χ2n) is 2.81. The molecule has 0 unspecified atom stereocenters. The molecule has 0 atom stereocenters. The summed E-state index contributed by atoms with van der Waals surface area (Å²) in [5, 5.41) is 0. The molecule has 1 aromatic rings. The lowest BCUT2D eigenvalue weighted by molar-refractivity contribution is 0.391. The van der Waals surface area contributed by atoms with Crippen LogP contribution in [0.25, 0.3) is 0 Å². The second-order valence-corrected chi connectivity index (χ2v) is 4.83. The van der Waals surface area contributed by atoms with Crippen LogP contribution in [-0.2, 0) is 0 Å². The van der Waals surface area contributed by atoms with E-state index in [1.165, 1.54) is 19.2 Å². The molecule has 0 saturated heterocycles. The number of hydrogen-bond acceptors (Lipinski definition) is 2. The minimum absolute atomic E-state index is 0.315. The molecule has 71 valence electrons. The topological polar surface area (TPSA) is 18.5 Å². The Morgan fingerprint density at radius 2 is 1.92 bits per heavy atom. The molecule has 0 bridgehead atoms. The average Bonchev–Trinajstić information content (AvgIpc) is 2.07. The third-order valence-corrected chi connectivity index (χ3v) is 2.07. The molecule has 1 aromatic carbocycles. The summed E-state index contributed by atoms with van der Waals surface area (Å²) in [5.74, 6) is 0.749. The van der Waals surface area contributed by atoms with E-state index in [2.05, 4.69) is 0 Å². The van der Waals surface area contributed by atoms with Crippen molar-refractivity contribution < 1.29 is 13.6 Å².